The molecule has 3 heteroatoms. The predicted molar refractivity (Wildman–Crippen MR) is 66.2 cm³/mol. The Morgan fingerprint density at radius 3 is 2.88 bits per heavy atom. The topological polar surface area (TPSA) is 28.2 Å². The van der Waals surface area contributed by atoms with Gasteiger partial charge >= 0.3 is 0 Å². The zero-order chi connectivity index (χ0) is 11.2. The number of piperidine rings is 1. The van der Waals surface area contributed by atoms with Crippen molar-refractivity contribution in [1.82, 2.24) is 15.2 Å². The largest absolute Gasteiger partial charge is 0.313 e. The maximum atomic E-state index is 4.04. The van der Waals surface area contributed by atoms with Gasteiger partial charge in [0, 0.05) is 31.5 Å². The molecule has 1 fully saturated rings. The van der Waals surface area contributed by atoms with Gasteiger partial charge in [-0.3, -0.25) is 4.98 Å². The second-order valence-corrected chi connectivity index (χ2v) is 4.70. The molecule has 1 aromatic heterocycles. The summed E-state index contributed by atoms with van der Waals surface area (Å²) in [6.07, 6.45) is 7.76. The lowest BCUT2D eigenvalue weighted by Gasteiger charge is -2.28. The summed E-state index contributed by atoms with van der Waals surface area (Å²) in [6.45, 7) is 3.34. The quantitative estimate of drug-likeness (QED) is 0.834. The number of likely N-dealkylation sites (N-methyl/N-ethyl adjacent to an activating group) is 1. The van der Waals surface area contributed by atoms with Crippen LogP contribution in [0.3, 0.4) is 0 Å². The van der Waals surface area contributed by atoms with Crippen molar-refractivity contribution in [1.29, 1.82) is 0 Å². The average Bonchev–Trinajstić information content (AvgIpc) is 2.31. The molecule has 0 saturated carbocycles. The van der Waals surface area contributed by atoms with E-state index in [1.807, 2.05) is 12.4 Å². The van der Waals surface area contributed by atoms with E-state index in [0.717, 1.165) is 13.1 Å². The molecule has 3 nitrogen and oxygen atoms in total. The first-order valence-corrected chi connectivity index (χ1v) is 6.15. The van der Waals surface area contributed by atoms with Gasteiger partial charge < -0.3 is 10.2 Å². The van der Waals surface area contributed by atoms with Crippen molar-refractivity contribution in [3.63, 3.8) is 0 Å². The number of aromatic nitrogens is 1. The minimum absolute atomic E-state index is 0.681. The van der Waals surface area contributed by atoms with Crippen molar-refractivity contribution in [2.75, 3.05) is 20.1 Å². The molecule has 0 radical (unpaired) electrons. The Hall–Kier alpha value is -0.930. The summed E-state index contributed by atoms with van der Waals surface area (Å²) in [5, 5.41) is 3.58. The van der Waals surface area contributed by atoms with Crippen LogP contribution in [-0.2, 0) is 6.54 Å². The van der Waals surface area contributed by atoms with E-state index in [-0.39, 0.29) is 0 Å². The average molecular weight is 219 g/mol. The highest BCUT2D eigenvalue weighted by atomic mass is 15.1. The van der Waals surface area contributed by atoms with Gasteiger partial charge in [-0.15, -0.1) is 0 Å². The number of nitrogens with zero attached hydrogens (tertiary/aromatic N) is 2. The van der Waals surface area contributed by atoms with Crippen molar-refractivity contribution >= 4 is 0 Å². The molecule has 1 N–H and O–H groups in total. The van der Waals surface area contributed by atoms with Crippen molar-refractivity contribution in [2.24, 2.45) is 0 Å². The molecular weight excluding hydrogens is 198 g/mol. The third-order valence-corrected chi connectivity index (χ3v) is 3.15. The first-order chi connectivity index (χ1) is 7.84. The van der Waals surface area contributed by atoms with Crippen LogP contribution < -0.4 is 5.32 Å². The van der Waals surface area contributed by atoms with Gasteiger partial charge in [0.1, 0.15) is 0 Å². The van der Waals surface area contributed by atoms with Gasteiger partial charge in [0.2, 0.25) is 0 Å². The second-order valence-electron chi connectivity index (χ2n) is 4.70. The fraction of sp³-hybridized carbons (Fsp3) is 0.615. The number of rotatable bonds is 4. The lowest BCUT2D eigenvalue weighted by Crippen LogP contribution is -2.42. The van der Waals surface area contributed by atoms with Crippen LogP contribution in [0.4, 0.5) is 0 Å². The van der Waals surface area contributed by atoms with Gasteiger partial charge in [-0.05, 0) is 44.1 Å². The Bertz CT molecular complexity index is 293. The molecule has 0 aliphatic carbocycles. The summed E-state index contributed by atoms with van der Waals surface area (Å²) in [5.74, 6) is 0. The number of hydrogen-bond acceptors (Lipinski definition) is 3. The van der Waals surface area contributed by atoms with Gasteiger partial charge in [0.15, 0.2) is 0 Å². The van der Waals surface area contributed by atoms with Crippen LogP contribution in [0.15, 0.2) is 24.5 Å². The molecule has 0 amide bonds. The molecule has 1 aromatic rings. The van der Waals surface area contributed by atoms with Crippen molar-refractivity contribution in [3.8, 4) is 0 Å². The summed E-state index contributed by atoms with van der Waals surface area (Å²) in [7, 11) is 2.19. The lowest BCUT2D eigenvalue weighted by molar-refractivity contribution is 0.256. The second kappa shape index (κ2) is 5.97. The molecule has 0 aromatic carbocycles. The molecule has 1 atom stereocenters. The molecule has 1 aliphatic rings. The Labute approximate surface area is 97.9 Å². The molecule has 0 bridgehead atoms. The molecule has 2 rings (SSSR count). The standard InChI is InChI=1S/C13H21N3/c1-16(10-12-5-8-14-9-6-12)11-13-4-2-3-7-15-13/h5-6,8-9,13,15H,2-4,7,10-11H2,1H3. The molecule has 1 unspecified atom stereocenters. The van der Waals surface area contributed by atoms with Gasteiger partial charge in [-0.1, -0.05) is 6.42 Å². The molecule has 2 heterocycles. The van der Waals surface area contributed by atoms with Crippen molar-refractivity contribution in [3.05, 3.63) is 30.1 Å². The van der Waals surface area contributed by atoms with E-state index in [2.05, 4.69) is 34.4 Å². The van der Waals surface area contributed by atoms with Crippen LogP contribution in [0.1, 0.15) is 24.8 Å². The number of pyridine rings is 1. The monoisotopic (exact) mass is 219 g/mol. The predicted octanol–water partition coefficient (Wildman–Crippen LogP) is 1.66. The highest BCUT2D eigenvalue weighted by Gasteiger charge is 2.14. The van der Waals surface area contributed by atoms with Gasteiger partial charge in [0.05, 0.1) is 0 Å². The maximum Gasteiger partial charge on any atom is 0.0271 e. The van der Waals surface area contributed by atoms with Gasteiger partial charge in [0.25, 0.3) is 0 Å². The summed E-state index contributed by atoms with van der Waals surface area (Å²) >= 11 is 0. The normalized spacial score (nSPS) is 21.2. The van der Waals surface area contributed by atoms with Gasteiger partial charge in [-0.25, -0.2) is 0 Å². The fourth-order valence-electron chi connectivity index (χ4n) is 2.32. The molecule has 1 aliphatic heterocycles. The maximum absolute atomic E-state index is 4.04. The number of hydrogen-bond donors (Lipinski definition) is 1. The Balaban J connectivity index is 1.77. The first-order valence-electron chi connectivity index (χ1n) is 6.15. The fourth-order valence-corrected chi connectivity index (χ4v) is 2.32. The van der Waals surface area contributed by atoms with E-state index in [0.29, 0.717) is 6.04 Å². The lowest BCUT2D eigenvalue weighted by atomic mass is 10.0. The zero-order valence-corrected chi connectivity index (χ0v) is 10.0. The van der Waals surface area contributed by atoms with Crippen LogP contribution in [0, 0.1) is 0 Å². The SMILES string of the molecule is CN(Cc1ccncc1)CC1CCCCN1. The van der Waals surface area contributed by atoms with Crippen LogP contribution in [0.5, 0.6) is 0 Å². The van der Waals surface area contributed by atoms with E-state index in [1.54, 1.807) is 0 Å². The molecule has 88 valence electrons. The van der Waals surface area contributed by atoms with Crippen molar-refractivity contribution < 1.29 is 0 Å². The Morgan fingerprint density at radius 1 is 1.38 bits per heavy atom. The Kier molecular flexibility index (Phi) is 4.31. The third kappa shape index (κ3) is 3.58. The van der Waals surface area contributed by atoms with E-state index in [1.165, 1.54) is 31.4 Å². The highest BCUT2D eigenvalue weighted by molar-refractivity contribution is 5.09. The van der Waals surface area contributed by atoms with Crippen LogP contribution >= 0.6 is 0 Å². The molecule has 1 saturated heterocycles. The van der Waals surface area contributed by atoms with E-state index >= 15 is 0 Å². The van der Waals surface area contributed by atoms with Gasteiger partial charge in [-0.2, -0.15) is 0 Å². The summed E-state index contributed by atoms with van der Waals surface area (Å²) in [5.41, 5.74) is 1.34. The van der Waals surface area contributed by atoms with Crippen LogP contribution in [0.25, 0.3) is 0 Å². The van der Waals surface area contributed by atoms with Crippen LogP contribution in [-0.4, -0.2) is 36.1 Å². The molecular formula is C13H21N3. The molecule has 16 heavy (non-hydrogen) atoms. The number of nitrogens with one attached hydrogen (secondary N) is 1. The third-order valence-electron chi connectivity index (χ3n) is 3.15. The summed E-state index contributed by atoms with van der Waals surface area (Å²) < 4.78 is 0. The van der Waals surface area contributed by atoms with Crippen LogP contribution in [0.2, 0.25) is 0 Å². The summed E-state index contributed by atoms with van der Waals surface area (Å²) in [6, 6.07) is 4.86. The summed E-state index contributed by atoms with van der Waals surface area (Å²) in [4.78, 5) is 6.42. The molecule has 0 spiro atoms. The zero-order valence-electron chi connectivity index (χ0n) is 10.0. The van der Waals surface area contributed by atoms with E-state index in [4.69, 9.17) is 0 Å². The van der Waals surface area contributed by atoms with E-state index in [9.17, 15) is 0 Å². The minimum Gasteiger partial charge on any atom is -0.313 e. The smallest absolute Gasteiger partial charge is 0.0271 e. The minimum atomic E-state index is 0.681. The van der Waals surface area contributed by atoms with E-state index < -0.39 is 0 Å². The van der Waals surface area contributed by atoms with Crippen molar-refractivity contribution in [2.45, 2.75) is 31.8 Å². The Morgan fingerprint density at radius 2 is 2.19 bits per heavy atom. The highest BCUT2D eigenvalue weighted by Crippen LogP contribution is 2.09. The first kappa shape index (κ1) is 11.6.